The van der Waals surface area contributed by atoms with E-state index < -0.39 is 0 Å². The predicted octanol–water partition coefficient (Wildman–Crippen LogP) is 4.11. The Morgan fingerprint density at radius 1 is 1.10 bits per heavy atom. The summed E-state index contributed by atoms with van der Waals surface area (Å²) in [6.45, 7) is 10.1. The second kappa shape index (κ2) is 11.5. The van der Waals surface area contributed by atoms with Crippen molar-refractivity contribution >= 4 is 11.3 Å². The fourth-order valence-electron chi connectivity index (χ4n) is 0.333. The highest BCUT2D eigenvalue weighted by Crippen LogP contribution is 2.01. The molecule has 0 aromatic carbocycles. The lowest BCUT2D eigenvalue weighted by atomic mass is 10.4. The molecule has 0 amide bonds. The van der Waals surface area contributed by atoms with Gasteiger partial charge in [0.15, 0.2) is 0 Å². The van der Waals surface area contributed by atoms with Crippen LogP contribution in [0.2, 0.25) is 0 Å². The van der Waals surface area contributed by atoms with Crippen molar-refractivity contribution in [3.63, 3.8) is 0 Å². The molecule has 0 radical (unpaired) electrons. The van der Waals surface area contributed by atoms with Crippen molar-refractivity contribution in [1.29, 1.82) is 0 Å². The van der Waals surface area contributed by atoms with Gasteiger partial charge in [-0.25, -0.2) is 0 Å². The predicted molar refractivity (Wildman–Crippen MR) is 51.8 cm³/mol. The van der Waals surface area contributed by atoms with Crippen LogP contribution in [0.3, 0.4) is 0 Å². The van der Waals surface area contributed by atoms with Crippen LogP contribution in [-0.2, 0) is 0 Å². The Morgan fingerprint density at radius 3 is 1.70 bits per heavy atom. The molecule has 0 nitrogen and oxygen atoms in total. The molecule has 10 heavy (non-hydrogen) atoms. The SMILES string of the molecule is CC.CC.Cc1ccsc1. The molecule has 0 atom stereocenters. The van der Waals surface area contributed by atoms with Crippen molar-refractivity contribution in [1.82, 2.24) is 0 Å². The molecule has 0 aliphatic rings. The Bertz CT molecular complexity index is 108. The zero-order chi connectivity index (χ0) is 8.41. The maximum absolute atomic E-state index is 2.12. The average molecular weight is 158 g/mol. The summed E-state index contributed by atoms with van der Waals surface area (Å²) in [4.78, 5) is 0. The molecule has 1 heterocycles. The summed E-state index contributed by atoms with van der Waals surface area (Å²) in [7, 11) is 0. The number of aryl methyl sites for hydroxylation is 1. The lowest BCUT2D eigenvalue weighted by Crippen LogP contribution is -1.47. The maximum atomic E-state index is 2.12. The van der Waals surface area contributed by atoms with Crippen LogP contribution in [0.4, 0.5) is 0 Å². The van der Waals surface area contributed by atoms with Crippen LogP contribution in [0, 0.1) is 6.92 Å². The zero-order valence-corrected chi connectivity index (χ0v) is 8.46. The van der Waals surface area contributed by atoms with E-state index in [9.17, 15) is 0 Å². The normalized spacial score (nSPS) is 6.50. The monoisotopic (exact) mass is 158 g/mol. The van der Waals surface area contributed by atoms with E-state index in [0.29, 0.717) is 0 Å². The number of hydrogen-bond acceptors (Lipinski definition) is 1. The van der Waals surface area contributed by atoms with Crippen LogP contribution in [0.25, 0.3) is 0 Å². The first-order valence-electron chi connectivity index (χ1n) is 3.88. The average Bonchev–Trinajstić information content (AvgIpc) is 2.48. The number of thiophene rings is 1. The molecule has 0 saturated heterocycles. The number of hydrogen-bond donors (Lipinski definition) is 0. The molecule has 1 aromatic rings. The van der Waals surface area contributed by atoms with Gasteiger partial charge in [-0.1, -0.05) is 27.7 Å². The maximum Gasteiger partial charge on any atom is -0.00641 e. The van der Waals surface area contributed by atoms with E-state index >= 15 is 0 Å². The second-order valence-electron chi connectivity index (χ2n) is 1.30. The molecule has 0 bridgehead atoms. The van der Waals surface area contributed by atoms with Gasteiger partial charge in [0.25, 0.3) is 0 Å². The summed E-state index contributed by atoms with van der Waals surface area (Å²) in [5.41, 5.74) is 1.36. The molecule has 60 valence electrons. The Balaban J connectivity index is 0. The van der Waals surface area contributed by atoms with Gasteiger partial charge in [0, 0.05) is 0 Å². The fraction of sp³-hybridized carbons (Fsp3) is 0.556. The van der Waals surface area contributed by atoms with Crippen molar-refractivity contribution in [2.75, 3.05) is 0 Å². The van der Waals surface area contributed by atoms with Crippen LogP contribution in [0.5, 0.6) is 0 Å². The van der Waals surface area contributed by atoms with E-state index in [0.717, 1.165) is 0 Å². The highest BCUT2D eigenvalue weighted by Gasteiger charge is 1.74. The van der Waals surface area contributed by atoms with Crippen LogP contribution in [0.1, 0.15) is 33.3 Å². The van der Waals surface area contributed by atoms with Crippen molar-refractivity contribution in [2.24, 2.45) is 0 Å². The lowest BCUT2D eigenvalue weighted by Gasteiger charge is -1.65. The highest BCUT2D eigenvalue weighted by molar-refractivity contribution is 7.07. The fourth-order valence-corrected chi connectivity index (χ4v) is 0.998. The van der Waals surface area contributed by atoms with Crippen molar-refractivity contribution in [3.05, 3.63) is 22.4 Å². The smallest absolute Gasteiger partial charge is 0.00641 e. The first-order chi connectivity index (χ1) is 4.89. The third kappa shape index (κ3) is 7.70. The lowest BCUT2D eigenvalue weighted by molar-refractivity contribution is 1.50. The Labute approximate surface area is 68.9 Å². The van der Waals surface area contributed by atoms with Gasteiger partial charge in [-0.2, -0.15) is 11.3 Å². The van der Waals surface area contributed by atoms with Crippen molar-refractivity contribution < 1.29 is 0 Å². The van der Waals surface area contributed by atoms with E-state index in [-0.39, 0.29) is 0 Å². The van der Waals surface area contributed by atoms with Gasteiger partial charge in [0.05, 0.1) is 0 Å². The van der Waals surface area contributed by atoms with Gasteiger partial charge >= 0.3 is 0 Å². The first kappa shape index (κ1) is 12.4. The Morgan fingerprint density at radius 2 is 1.60 bits per heavy atom. The molecule has 1 heteroatoms. The third-order valence-corrected chi connectivity index (χ3v) is 1.46. The highest BCUT2D eigenvalue weighted by atomic mass is 32.1. The molecular weight excluding hydrogens is 140 g/mol. The van der Waals surface area contributed by atoms with E-state index in [4.69, 9.17) is 0 Å². The minimum atomic E-state index is 1.36. The third-order valence-electron chi connectivity index (χ3n) is 0.663. The molecule has 0 aliphatic heterocycles. The molecule has 0 fully saturated rings. The van der Waals surface area contributed by atoms with Crippen molar-refractivity contribution in [3.8, 4) is 0 Å². The van der Waals surface area contributed by atoms with Crippen LogP contribution < -0.4 is 0 Å². The summed E-state index contributed by atoms with van der Waals surface area (Å²) in [6, 6.07) is 2.10. The largest absolute Gasteiger partial charge is 0.152 e. The van der Waals surface area contributed by atoms with E-state index in [1.807, 2.05) is 27.7 Å². The first-order valence-corrected chi connectivity index (χ1v) is 4.82. The Kier molecular flexibility index (Phi) is 14.2. The molecule has 0 aliphatic carbocycles. The van der Waals surface area contributed by atoms with Gasteiger partial charge < -0.3 is 0 Å². The summed E-state index contributed by atoms with van der Waals surface area (Å²) in [5.74, 6) is 0. The molecular formula is C9H18S. The molecule has 1 rings (SSSR count). The number of rotatable bonds is 0. The van der Waals surface area contributed by atoms with Crippen LogP contribution >= 0.6 is 11.3 Å². The Hall–Kier alpha value is -0.300. The summed E-state index contributed by atoms with van der Waals surface area (Å²) >= 11 is 1.74. The molecule has 0 spiro atoms. The van der Waals surface area contributed by atoms with Gasteiger partial charge in [0.2, 0.25) is 0 Å². The standard InChI is InChI=1S/C5H6S.2C2H6/c1-5-2-3-6-4-5;2*1-2/h2-4H,1H3;2*1-2H3. The zero-order valence-electron chi connectivity index (χ0n) is 7.64. The van der Waals surface area contributed by atoms with E-state index in [2.05, 4.69) is 23.8 Å². The minimum absolute atomic E-state index is 1.36. The quantitative estimate of drug-likeness (QED) is 0.533. The summed E-state index contributed by atoms with van der Waals surface area (Å²) < 4.78 is 0. The summed E-state index contributed by atoms with van der Waals surface area (Å²) in [5, 5.41) is 4.20. The van der Waals surface area contributed by atoms with E-state index in [1.165, 1.54) is 5.56 Å². The van der Waals surface area contributed by atoms with Crippen LogP contribution in [0.15, 0.2) is 16.8 Å². The molecule has 0 saturated carbocycles. The van der Waals surface area contributed by atoms with Gasteiger partial charge in [-0.05, 0) is 29.3 Å². The molecule has 0 unspecified atom stereocenters. The van der Waals surface area contributed by atoms with Gasteiger partial charge in [-0.15, -0.1) is 0 Å². The summed E-state index contributed by atoms with van der Waals surface area (Å²) in [6.07, 6.45) is 0. The van der Waals surface area contributed by atoms with E-state index in [1.54, 1.807) is 11.3 Å². The molecule has 0 N–H and O–H groups in total. The van der Waals surface area contributed by atoms with Gasteiger partial charge in [-0.3, -0.25) is 0 Å². The molecule has 1 aromatic heterocycles. The van der Waals surface area contributed by atoms with Crippen LogP contribution in [-0.4, -0.2) is 0 Å². The van der Waals surface area contributed by atoms with Crippen molar-refractivity contribution in [2.45, 2.75) is 34.6 Å². The second-order valence-corrected chi connectivity index (χ2v) is 2.08. The topological polar surface area (TPSA) is 0 Å². The van der Waals surface area contributed by atoms with Gasteiger partial charge in [0.1, 0.15) is 0 Å². The minimum Gasteiger partial charge on any atom is -0.152 e.